The second-order valence-electron chi connectivity index (χ2n) is 16.8. The fourth-order valence-corrected chi connectivity index (χ4v) is 10.6. The maximum atomic E-state index is 13.4. The molecule has 0 spiro atoms. The van der Waals surface area contributed by atoms with Crippen molar-refractivity contribution in [2.75, 3.05) is 7.11 Å². The number of carbonyl (C=O) groups is 2. The second-order valence-corrected chi connectivity index (χ2v) is 16.8. The van der Waals surface area contributed by atoms with Crippen LogP contribution in [0.1, 0.15) is 97.8 Å². The summed E-state index contributed by atoms with van der Waals surface area (Å²) in [5.74, 6) is -0.296. The molecule has 0 N–H and O–H groups in total. The number of aldehydes is 1. The number of hydrogen-bond donors (Lipinski definition) is 0. The zero-order chi connectivity index (χ0) is 35.6. The quantitative estimate of drug-likeness (QED) is 0.191. The Morgan fingerprint density at radius 1 is 0.843 bits per heavy atom. The zero-order valence-electron chi connectivity index (χ0n) is 30.8. The highest BCUT2D eigenvalue weighted by Crippen LogP contribution is 2.54. The summed E-state index contributed by atoms with van der Waals surface area (Å²) in [5.41, 5.74) is 2.35. The van der Waals surface area contributed by atoms with E-state index in [0.717, 1.165) is 56.8 Å². The molecule has 51 heavy (non-hydrogen) atoms. The predicted molar refractivity (Wildman–Crippen MR) is 184 cm³/mol. The van der Waals surface area contributed by atoms with Crippen LogP contribution in [0.5, 0.6) is 0 Å². The van der Waals surface area contributed by atoms with E-state index in [4.69, 9.17) is 42.6 Å². The van der Waals surface area contributed by atoms with E-state index in [-0.39, 0.29) is 110 Å². The molecule has 0 radical (unpaired) electrons. The standard InChI is InChI=1S/C40H58O11/c1-20-15-26(44-23(4)22(20)3)7-9-30-21(2)16-28(46-30)11-13-40-19-33-36(50-40)37-38(49-33)39(51-40)35-31(48-37)10-8-27(47-35)17-25(42)18-29-24(5)45-32(12-14-41)34(29)43-6/h14,20,23-24,26-39H,2-3,7-13,15-19H2,1,4-6H3/t20-,23-,24+,26+,27-,28+,29+,30+,31+,32-,33-,34-,35+,36+,37+,38-,39+,40+/m1/s1. The number of hydrogen-bond acceptors (Lipinski definition) is 11. The molecule has 0 saturated carbocycles. The number of methoxy groups -OCH3 is 1. The SMILES string of the molecule is C=C1C[C@H](CC[C@@]23C[C@H]4O[C@H]5[C@@H](O2)[C@H]2O[C@@H](CC(=O)C[C@@H]6[C@@H](OC)[C@@H](CC=O)O[C@H]6C)CC[C@@H]2O[C@H]5[C@H]4O3)O[C@H]1CC[C@H]1C[C@@H](C)C(=C)[C@@H](C)O1. The highest BCUT2D eigenvalue weighted by atomic mass is 16.8. The Kier molecular flexibility index (Phi) is 10.4. The van der Waals surface area contributed by atoms with Gasteiger partial charge in [0.1, 0.15) is 42.6 Å². The van der Waals surface area contributed by atoms with Crippen molar-refractivity contribution < 1.29 is 52.2 Å². The van der Waals surface area contributed by atoms with Crippen molar-refractivity contribution in [1.82, 2.24) is 0 Å². The Balaban J connectivity index is 0.864. The number of fused-ring (bicyclic) bond motifs is 1. The summed E-state index contributed by atoms with van der Waals surface area (Å²) in [6.07, 6.45) is 7.11. The van der Waals surface area contributed by atoms with Gasteiger partial charge in [0, 0.05) is 45.1 Å². The second kappa shape index (κ2) is 14.6. The maximum absolute atomic E-state index is 13.4. The summed E-state index contributed by atoms with van der Waals surface area (Å²) >= 11 is 0. The van der Waals surface area contributed by atoms with Gasteiger partial charge < -0.3 is 47.4 Å². The molecule has 9 aliphatic heterocycles. The van der Waals surface area contributed by atoms with Gasteiger partial charge in [-0.1, -0.05) is 20.1 Å². The van der Waals surface area contributed by atoms with Crippen molar-refractivity contribution in [3.05, 3.63) is 24.3 Å². The fourth-order valence-electron chi connectivity index (χ4n) is 10.6. The van der Waals surface area contributed by atoms with Crippen LogP contribution in [0.3, 0.4) is 0 Å². The average Bonchev–Trinajstić information content (AvgIpc) is 3.77. The number of ketones is 1. The van der Waals surface area contributed by atoms with E-state index >= 15 is 0 Å². The first-order chi connectivity index (χ1) is 24.5. The molecule has 9 rings (SSSR count). The Morgan fingerprint density at radius 3 is 2.41 bits per heavy atom. The lowest BCUT2D eigenvalue weighted by Gasteiger charge is -2.47. The Morgan fingerprint density at radius 2 is 1.63 bits per heavy atom. The van der Waals surface area contributed by atoms with Crippen LogP contribution in [-0.4, -0.2) is 117 Å². The van der Waals surface area contributed by atoms with Crippen LogP contribution in [0, 0.1) is 11.8 Å². The minimum atomic E-state index is -0.785. The van der Waals surface area contributed by atoms with Crippen molar-refractivity contribution in [1.29, 1.82) is 0 Å². The first-order valence-electron chi connectivity index (χ1n) is 19.7. The molecule has 9 aliphatic rings. The summed E-state index contributed by atoms with van der Waals surface area (Å²) in [6, 6.07) is 0. The van der Waals surface area contributed by atoms with Crippen molar-refractivity contribution in [2.24, 2.45) is 11.8 Å². The number of ether oxygens (including phenoxy) is 9. The van der Waals surface area contributed by atoms with E-state index < -0.39 is 5.79 Å². The molecular weight excluding hydrogens is 656 g/mol. The summed E-state index contributed by atoms with van der Waals surface area (Å²) in [6.45, 7) is 14.9. The largest absolute Gasteiger partial charge is 0.378 e. The van der Waals surface area contributed by atoms with Gasteiger partial charge in [-0.25, -0.2) is 0 Å². The van der Waals surface area contributed by atoms with Gasteiger partial charge in [0.15, 0.2) is 5.79 Å². The number of carbonyl (C=O) groups excluding carboxylic acids is 2. The Bertz CT molecular complexity index is 1320. The summed E-state index contributed by atoms with van der Waals surface area (Å²) in [5, 5.41) is 0. The van der Waals surface area contributed by atoms with E-state index in [1.54, 1.807) is 7.11 Å². The molecule has 18 atom stereocenters. The monoisotopic (exact) mass is 714 g/mol. The predicted octanol–water partition coefficient (Wildman–Crippen LogP) is 4.95. The molecule has 6 bridgehead atoms. The molecule has 0 amide bonds. The van der Waals surface area contributed by atoms with Gasteiger partial charge in [-0.05, 0) is 75.9 Å². The van der Waals surface area contributed by atoms with Gasteiger partial charge in [0.2, 0.25) is 0 Å². The molecule has 0 aromatic heterocycles. The van der Waals surface area contributed by atoms with Crippen LogP contribution in [0.2, 0.25) is 0 Å². The first kappa shape index (κ1) is 36.4. The lowest BCUT2D eigenvalue weighted by molar-refractivity contribution is -0.292. The van der Waals surface area contributed by atoms with Crippen LogP contribution in [0.25, 0.3) is 0 Å². The molecular formula is C40H58O11. The van der Waals surface area contributed by atoms with E-state index in [2.05, 4.69) is 27.0 Å². The highest BCUT2D eigenvalue weighted by molar-refractivity contribution is 5.79. The van der Waals surface area contributed by atoms with Crippen molar-refractivity contribution in [3.63, 3.8) is 0 Å². The molecule has 0 aromatic rings. The van der Waals surface area contributed by atoms with Crippen LogP contribution >= 0.6 is 0 Å². The lowest BCUT2D eigenvalue weighted by atomic mass is 9.85. The van der Waals surface area contributed by atoms with Crippen molar-refractivity contribution in [2.45, 2.75) is 195 Å². The lowest BCUT2D eigenvalue weighted by Crippen LogP contribution is -2.61. The zero-order valence-corrected chi connectivity index (χ0v) is 30.8. The van der Waals surface area contributed by atoms with Crippen LogP contribution in [0.15, 0.2) is 24.3 Å². The van der Waals surface area contributed by atoms with Gasteiger partial charge in [-0.2, -0.15) is 0 Å². The highest BCUT2D eigenvalue weighted by Gasteiger charge is 2.68. The fraction of sp³-hybridized carbons (Fsp3) is 0.850. The number of rotatable bonds is 13. The molecule has 9 saturated heterocycles. The van der Waals surface area contributed by atoms with E-state index in [0.29, 0.717) is 31.6 Å². The molecule has 11 nitrogen and oxygen atoms in total. The molecule has 9 fully saturated rings. The van der Waals surface area contributed by atoms with E-state index in [1.807, 2.05) is 6.92 Å². The molecule has 0 aliphatic carbocycles. The van der Waals surface area contributed by atoms with Crippen LogP contribution < -0.4 is 0 Å². The summed E-state index contributed by atoms with van der Waals surface area (Å²) in [7, 11) is 1.62. The smallest absolute Gasteiger partial charge is 0.172 e. The van der Waals surface area contributed by atoms with Crippen LogP contribution in [0.4, 0.5) is 0 Å². The Labute approximate surface area is 302 Å². The molecule has 284 valence electrons. The third-order valence-corrected chi connectivity index (χ3v) is 13.4. The van der Waals surface area contributed by atoms with Gasteiger partial charge in [0.25, 0.3) is 0 Å². The Hall–Kier alpha value is -1.54. The minimum Gasteiger partial charge on any atom is -0.378 e. The first-order valence-corrected chi connectivity index (χ1v) is 19.7. The van der Waals surface area contributed by atoms with E-state index in [9.17, 15) is 9.59 Å². The van der Waals surface area contributed by atoms with Gasteiger partial charge in [-0.15, -0.1) is 0 Å². The van der Waals surface area contributed by atoms with Gasteiger partial charge in [0.05, 0.1) is 61.0 Å². The van der Waals surface area contributed by atoms with Gasteiger partial charge in [-0.3, -0.25) is 4.79 Å². The molecule has 0 aromatic carbocycles. The molecule has 0 unspecified atom stereocenters. The van der Waals surface area contributed by atoms with E-state index in [1.165, 1.54) is 5.57 Å². The topological polar surface area (TPSA) is 117 Å². The summed E-state index contributed by atoms with van der Waals surface area (Å²) < 4.78 is 58.2. The molecule has 11 heteroatoms. The number of Topliss-reactive ketones (excluding diaryl/α,β-unsaturated/α-hetero) is 1. The summed E-state index contributed by atoms with van der Waals surface area (Å²) in [4.78, 5) is 24.6. The van der Waals surface area contributed by atoms with Gasteiger partial charge >= 0.3 is 0 Å². The van der Waals surface area contributed by atoms with Crippen molar-refractivity contribution in [3.8, 4) is 0 Å². The molecule has 9 heterocycles. The third-order valence-electron chi connectivity index (χ3n) is 13.4. The minimum absolute atomic E-state index is 0.0431. The average molecular weight is 715 g/mol. The maximum Gasteiger partial charge on any atom is 0.172 e. The normalized spacial score (nSPS) is 50.1. The van der Waals surface area contributed by atoms with Crippen molar-refractivity contribution >= 4 is 12.1 Å². The van der Waals surface area contributed by atoms with Crippen LogP contribution in [-0.2, 0) is 52.2 Å². The third kappa shape index (κ3) is 6.98.